The first-order valence-corrected chi connectivity index (χ1v) is 9.13. The van der Waals surface area contributed by atoms with Crippen molar-refractivity contribution >= 4 is 0 Å². The highest BCUT2D eigenvalue weighted by atomic mass is 14.3. The first-order chi connectivity index (χ1) is 9.83. The van der Waals surface area contributed by atoms with E-state index in [9.17, 15) is 0 Å². The van der Waals surface area contributed by atoms with Gasteiger partial charge in [-0.15, -0.1) is 0 Å². The summed E-state index contributed by atoms with van der Waals surface area (Å²) >= 11 is 0. The minimum Gasteiger partial charge on any atom is -0.0914 e. The first kappa shape index (κ1) is 15.9. The van der Waals surface area contributed by atoms with Gasteiger partial charge in [-0.05, 0) is 88.4 Å². The lowest BCUT2D eigenvalue weighted by atomic mass is 9.69. The molecule has 2 aliphatic rings. The van der Waals surface area contributed by atoms with Crippen LogP contribution in [0.2, 0.25) is 0 Å². The molecular formula is C20H34. The lowest BCUT2D eigenvalue weighted by Crippen LogP contribution is -2.25. The summed E-state index contributed by atoms with van der Waals surface area (Å²) in [5.74, 6) is 3.90. The average molecular weight is 274 g/mol. The minimum atomic E-state index is 0.893. The van der Waals surface area contributed by atoms with Crippen molar-refractivity contribution in [3.63, 3.8) is 0 Å². The maximum absolute atomic E-state index is 2.52. The number of rotatable bonds is 5. The van der Waals surface area contributed by atoms with E-state index in [1.54, 1.807) is 0 Å². The van der Waals surface area contributed by atoms with Gasteiger partial charge in [0.2, 0.25) is 0 Å². The van der Waals surface area contributed by atoms with Crippen LogP contribution >= 0.6 is 0 Å². The molecule has 0 N–H and O–H groups in total. The molecule has 114 valence electrons. The van der Waals surface area contributed by atoms with E-state index in [4.69, 9.17) is 0 Å². The smallest absolute Gasteiger partial charge is 0.0233 e. The lowest BCUT2D eigenvalue weighted by molar-refractivity contribution is 0.166. The van der Waals surface area contributed by atoms with Crippen molar-refractivity contribution in [2.75, 3.05) is 0 Å². The second-order valence-electron chi connectivity index (χ2n) is 7.09. The van der Waals surface area contributed by atoms with Crippen LogP contribution in [-0.2, 0) is 0 Å². The Balaban J connectivity index is 1.69. The Morgan fingerprint density at radius 1 is 0.750 bits per heavy atom. The molecule has 20 heavy (non-hydrogen) atoms. The summed E-state index contributed by atoms with van der Waals surface area (Å²) in [7, 11) is 0. The molecule has 2 saturated carbocycles. The molecule has 2 fully saturated rings. The molecule has 0 aromatic carbocycles. The Morgan fingerprint density at radius 2 is 1.25 bits per heavy atom. The predicted molar refractivity (Wildman–Crippen MR) is 89.8 cm³/mol. The van der Waals surface area contributed by atoms with Crippen LogP contribution in [0, 0.1) is 23.7 Å². The van der Waals surface area contributed by atoms with Gasteiger partial charge in [0, 0.05) is 0 Å². The van der Waals surface area contributed by atoms with Crippen molar-refractivity contribution < 1.29 is 0 Å². The van der Waals surface area contributed by atoms with E-state index in [2.05, 4.69) is 38.2 Å². The van der Waals surface area contributed by atoms with E-state index < -0.39 is 0 Å². The molecule has 0 radical (unpaired) electrons. The molecule has 0 heterocycles. The molecule has 0 nitrogen and oxygen atoms in total. The van der Waals surface area contributed by atoms with Gasteiger partial charge >= 0.3 is 0 Å². The maximum Gasteiger partial charge on any atom is -0.0233 e. The van der Waals surface area contributed by atoms with Crippen molar-refractivity contribution in [3.05, 3.63) is 24.3 Å². The molecule has 0 aromatic heterocycles. The number of hydrogen-bond donors (Lipinski definition) is 0. The molecule has 2 aliphatic carbocycles. The highest BCUT2D eigenvalue weighted by Gasteiger charge is 2.29. The predicted octanol–water partition coefficient (Wildman–Crippen LogP) is 6.53. The first-order valence-electron chi connectivity index (χ1n) is 9.13. The van der Waals surface area contributed by atoms with Crippen LogP contribution in [0.4, 0.5) is 0 Å². The minimum absolute atomic E-state index is 0.893. The van der Waals surface area contributed by atoms with Crippen molar-refractivity contribution in [3.8, 4) is 0 Å². The second kappa shape index (κ2) is 8.70. The van der Waals surface area contributed by atoms with Gasteiger partial charge in [0.1, 0.15) is 0 Å². The standard InChI is InChI=1S/C20H34/c1-3-5-6-8-18-11-15-20(16-12-18)19-13-9-17(7-4-2)10-14-19/h4,6-8,17-20H,3,5,9-16H2,1-2H3. The monoisotopic (exact) mass is 274 g/mol. The van der Waals surface area contributed by atoms with E-state index in [0.717, 1.165) is 23.7 Å². The van der Waals surface area contributed by atoms with Crippen LogP contribution in [0.25, 0.3) is 0 Å². The van der Waals surface area contributed by atoms with Gasteiger partial charge in [0.25, 0.3) is 0 Å². The topological polar surface area (TPSA) is 0 Å². The second-order valence-corrected chi connectivity index (χ2v) is 7.09. The molecule has 0 aliphatic heterocycles. The Bertz CT molecular complexity index is 296. The molecule has 0 atom stereocenters. The summed E-state index contributed by atoms with van der Waals surface area (Å²) in [5.41, 5.74) is 0. The van der Waals surface area contributed by atoms with Gasteiger partial charge in [0.05, 0.1) is 0 Å². The van der Waals surface area contributed by atoms with Gasteiger partial charge in [0.15, 0.2) is 0 Å². The summed E-state index contributed by atoms with van der Waals surface area (Å²) < 4.78 is 0. The van der Waals surface area contributed by atoms with E-state index >= 15 is 0 Å². The van der Waals surface area contributed by atoms with Gasteiger partial charge in [-0.25, -0.2) is 0 Å². The molecule has 0 spiro atoms. The van der Waals surface area contributed by atoms with E-state index in [1.807, 2.05) is 0 Å². The summed E-state index contributed by atoms with van der Waals surface area (Å²) in [6.07, 6.45) is 24.0. The summed E-state index contributed by atoms with van der Waals surface area (Å²) in [5, 5.41) is 0. The lowest BCUT2D eigenvalue weighted by Gasteiger charge is -2.36. The van der Waals surface area contributed by atoms with Crippen LogP contribution in [0.5, 0.6) is 0 Å². The van der Waals surface area contributed by atoms with Crippen LogP contribution in [-0.4, -0.2) is 0 Å². The fourth-order valence-corrected chi connectivity index (χ4v) is 4.35. The third-order valence-corrected chi connectivity index (χ3v) is 5.63. The van der Waals surface area contributed by atoms with Crippen LogP contribution in [0.1, 0.15) is 78.1 Å². The van der Waals surface area contributed by atoms with E-state index in [-0.39, 0.29) is 0 Å². The molecule has 0 aromatic rings. The molecular weight excluding hydrogens is 240 g/mol. The number of allylic oxidation sites excluding steroid dienone is 4. The fraction of sp³-hybridized carbons (Fsp3) is 0.800. The summed E-state index contributed by atoms with van der Waals surface area (Å²) in [4.78, 5) is 0. The molecule has 0 amide bonds. The third kappa shape index (κ3) is 4.79. The SMILES string of the molecule is CC=CC1CCC(C2CCC(C=CCCC)CC2)CC1. The number of unbranched alkanes of at least 4 members (excludes halogenated alkanes) is 1. The van der Waals surface area contributed by atoms with Gasteiger partial charge < -0.3 is 0 Å². The Kier molecular flexibility index (Phi) is 6.90. The molecule has 0 bridgehead atoms. The Morgan fingerprint density at radius 3 is 1.70 bits per heavy atom. The molecule has 0 heteroatoms. The highest BCUT2D eigenvalue weighted by Crippen LogP contribution is 2.41. The molecule has 2 rings (SSSR count). The Hall–Kier alpha value is -0.520. The Labute approximate surface area is 126 Å². The van der Waals surface area contributed by atoms with Crippen molar-refractivity contribution in [1.82, 2.24) is 0 Å². The van der Waals surface area contributed by atoms with E-state index in [0.29, 0.717) is 0 Å². The van der Waals surface area contributed by atoms with Crippen LogP contribution < -0.4 is 0 Å². The average Bonchev–Trinajstić information content (AvgIpc) is 2.49. The largest absolute Gasteiger partial charge is 0.0914 e. The quantitative estimate of drug-likeness (QED) is 0.500. The van der Waals surface area contributed by atoms with Crippen molar-refractivity contribution in [2.24, 2.45) is 23.7 Å². The van der Waals surface area contributed by atoms with Gasteiger partial charge in [-0.3, -0.25) is 0 Å². The third-order valence-electron chi connectivity index (χ3n) is 5.63. The van der Waals surface area contributed by atoms with Crippen LogP contribution in [0.3, 0.4) is 0 Å². The van der Waals surface area contributed by atoms with Crippen LogP contribution in [0.15, 0.2) is 24.3 Å². The van der Waals surface area contributed by atoms with Gasteiger partial charge in [-0.1, -0.05) is 37.6 Å². The zero-order valence-corrected chi connectivity index (χ0v) is 13.7. The fourth-order valence-electron chi connectivity index (χ4n) is 4.35. The highest BCUT2D eigenvalue weighted by molar-refractivity contribution is 4.94. The van der Waals surface area contributed by atoms with Gasteiger partial charge in [-0.2, -0.15) is 0 Å². The molecule has 0 unspecified atom stereocenters. The van der Waals surface area contributed by atoms with Crippen molar-refractivity contribution in [2.45, 2.75) is 78.1 Å². The van der Waals surface area contributed by atoms with Crippen molar-refractivity contribution in [1.29, 1.82) is 0 Å². The zero-order chi connectivity index (χ0) is 14.2. The summed E-state index contributed by atoms with van der Waals surface area (Å²) in [6, 6.07) is 0. The number of hydrogen-bond acceptors (Lipinski definition) is 0. The summed E-state index contributed by atoms with van der Waals surface area (Å²) in [6.45, 7) is 4.44. The zero-order valence-electron chi connectivity index (χ0n) is 13.7. The maximum atomic E-state index is 2.52. The molecule has 0 saturated heterocycles. The van der Waals surface area contributed by atoms with E-state index in [1.165, 1.54) is 64.2 Å². The normalized spacial score (nSPS) is 35.9.